The third-order valence-electron chi connectivity index (χ3n) is 7.05. The highest BCUT2D eigenvalue weighted by molar-refractivity contribution is 5.77. The summed E-state index contributed by atoms with van der Waals surface area (Å²) in [7, 11) is 0. The minimum Gasteiger partial charge on any atom is -0.395 e. The average molecular weight is 476 g/mol. The number of anilines is 2. The Morgan fingerprint density at radius 2 is 2.06 bits per heavy atom. The molecule has 0 atom stereocenters. The van der Waals surface area contributed by atoms with Crippen LogP contribution in [0.25, 0.3) is 16.9 Å². The van der Waals surface area contributed by atoms with Crippen LogP contribution in [0.4, 0.5) is 16.0 Å². The number of hydrogen-bond donors (Lipinski definition) is 3. The molecule has 1 aliphatic carbocycles. The van der Waals surface area contributed by atoms with E-state index < -0.39 is 11.2 Å². The summed E-state index contributed by atoms with van der Waals surface area (Å²) in [6, 6.07) is 9.09. The van der Waals surface area contributed by atoms with E-state index in [0.717, 1.165) is 38.0 Å². The Balaban J connectivity index is 1.46. The monoisotopic (exact) mass is 475 g/mol. The zero-order chi connectivity index (χ0) is 24.2. The number of aliphatic hydroxyl groups excluding tert-OH is 1. The van der Waals surface area contributed by atoms with E-state index in [0.29, 0.717) is 18.2 Å². The molecule has 0 spiro atoms. The first-order valence-corrected chi connectivity index (χ1v) is 11.9. The lowest BCUT2D eigenvalue weighted by Gasteiger charge is -2.18. The molecule has 1 saturated carbocycles. The van der Waals surface area contributed by atoms with Gasteiger partial charge in [0.1, 0.15) is 5.39 Å². The van der Waals surface area contributed by atoms with Crippen LogP contribution in [0.15, 0.2) is 41.3 Å². The zero-order valence-electron chi connectivity index (χ0n) is 19.4. The molecule has 0 amide bonds. The second kappa shape index (κ2) is 8.24. The molecule has 2 aliphatic rings. The molecule has 35 heavy (non-hydrogen) atoms. The number of fused-ring (bicyclic) bond motifs is 2. The molecule has 6 rings (SSSR count). The largest absolute Gasteiger partial charge is 0.395 e. The highest BCUT2D eigenvalue weighted by atomic mass is 19.1. The lowest BCUT2D eigenvalue weighted by molar-refractivity contribution is 0.252. The van der Waals surface area contributed by atoms with Crippen molar-refractivity contribution in [1.82, 2.24) is 29.6 Å². The van der Waals surface area contributed by atoms with Crippen molar-refractivity contribution in [3.63, 3.8) is 0 Å². The van der Waals surface area contributed by atoms with Gasteiger partial charge in [-0.3, -0.25) is 4.79 Å². The van der Waals surface area contributed by atoms with Crippen molar-refractivity contribution in [2.24, 2.45) is 0 Å². The number of pyridine rings is 1. The van der Waals surface area contributed by atoms with E-state index in [1.165, 1.54) is 32.8 Å². The highest BCUT2D eigenvalue weighted by Gasteiger charge is 2.45. The van der Waals surface area contributed by atoms with Gasteiger partial charge < -0.3 is 15.7 Å². The minimum absolute atomic E-state index is 0.0133. The van der Waals surface area contributed by atoms with Crippen LogP contribution in [0.5, 0.6) is 0 Å². The van der Waals surface area contributed by atoms with E-state index in [9.17, 15) is 9.90 Å². The van der Waals surface area contributed by atoms with Gasteiger partial charge in [0.15, 0.2) is 17.3 Å². The predicted octanol–water partition coefficient (Wildman–Crippen LogP) is 2.55. The van der Waals surface area contributed by atoms with E-state index in [1.807, 2.05) is 13.0 Å². The maximum atomic E-state index is 15.1. The first kappa shape index (κ1) is 21.9. The van der Waals surface area contributed by atoms with Crippen LogP contribution in [0.3, 0.4) is 0 Å². The number of halogens is 1. The van der Waals surface area contributed by atoms with Crippen molar-refractivity contribution in [3.05, 3.63) is 69.5 Å². The molecule has 3 aromatic heterocycles. The summed E-state index contributed by atoms with van der Waals surface area (Å²) >= 11 is 0. The Kier molecular flexibility index (Phi) is 5.15. The number of aliphatic hydroxyl groups is 1. The molecule has 9 nitrogen and oxygen atoms in total. The standard InChI is InChI=1S/C25H26FN7O2/c1-2-32-23(35)18-13-28-24(29-17-4-3-15-7-10-27-12-16(15)11-17)31-21(18)33(32)22-19(26)5-6-20(30-22)25(14-34)8-9-25/h3-6,11,13,27,34H,2,7-10,12,14H2,1H3,(H,28,29,31). The van der Waals surface area contributed by atoms with E-state index >= 15 is 4.39 Å². The predicted molar refractivity (Wildman–Crippen MR) is 130 cm³/mol. The smallest absolute Gasteiger partial charge is 0.278 e. The molecule has 0 saturated heterocycles. The molecule has 180 valence electrons. The Morgan fingerprint density at radius 3 is 2.83 bits per heavy atom. The van der Waals surface area contributed by atoms with Crippen LogP contribution >= 0.6 is 0 Å². The molecule has 0 unspecified atom stereocenters. The third kappa shape index (κ3) is 3.60. The molecule has 3 N–H and O–H groups in total. The lowest BCUT2D eigenvalue weighted by atomic mass is 10.0. The minimum atomic E-state index is -0.572. The summed E-state index contributed by atoms with van der Waals surface area (Å²) in [5, 5.41) is 16.7. The maximum absolute atomic E-state index is 15.1. The first-order valence-electron chi connectivity index (χ1n) is 11.9. The van der Waals surface area contributed by atoms with Gasteiger partial charge in [0.25, 0.3) is 5.56 Å². The maximum Gasteiger partial charge on any atom is 0.278 e. The first-order chi connectivity index (χ1) is 17.0. The Hall–Kier alpha value is -3.63. The van der Waals surface area contributed by atoms with Crippen molar-refractivity contribution < 1.29 is 9.50 Å². The van der Waals surface area contributed by atoms with Gasteiger partial charge in [0.2, 0.25) is 5.95 Å². The second-order valence-electron chi connectivity index (χ2n) is 9.24. The molecule has 10 heteroatoms. The molecule has 0 bridgehead atoms. The van der Waals surface area contributed by atoms with E-state index in [2.05, 4.69) is 37.7 Å². The Labute approximate surface area is 200 Å². The van der Waals surface area contributed by atoms with Crippen LogP contribution in [0.1, 0.15) is 36.6 Å². The number of nitrogens with zero attached hydrogens (tertiary/aromatic N) is 5. The van der Waals surface area contributed by atoms with Gasteiger partial charge >= 0.3 is 0 Å². The number of aromatic nitrogens is 5. The quantitative estimate of drug-likeness (QED) is 0.393. The molecule has 4 heterocycles. The Bertz CT molecular complexity index is 1510. The van der Waals surface area contributed by atoms with Gasteiger partial charge in [-0.15, -0.1) is 0 Å². The van der Waals surface area contributed by atoms with Crippen molar-refractivity contribution in [3.8, 4) is 5.82 Å². The van der Waals surface area contributed by atoms with E-state index in [4.69, 9.17) is 0 Å². The second-order valence-corrected chi connectivity index (χ2v) is 9.24. The van der Waals surface area contributed by atoms with Crippen molar-refractivity contribution in [2.75, 3.05) is 18.5 Å². The van der Waals surface area contributed by atoms with Gasteiger partial charge in [-0.25, -0.2) is 23.7 Å². The molecular weight excluding hydrogens is 449 g/mol. The van der Waals surface area contributed by atoms with Crippen molar-refractivity contribution in [1.29, 1.82) is 0 Å². The highest BCUT2D eigenvalue weighted by Crippen LogP contribution is 2.47. The van der Waals surface area contributed by atoms with Crippen molar-refractivity contribution in [2.45, 2.75) is 44.7 Å². The summed E-state index contributed by atoms with van der Waals surface area (Å²) < 4.78 is 17.9. The fraction of sp³-hybridized carbons (Fsp3) is 0.360. The summed E-state index contributed by atoms with van der Waals surface area (Å²) in [6.07, 6.45) is 4.04. The summed E-state index contributed by atoms with van der Waals surface area (Å²) in [6.45, 7) is 3.83. The van der Waals surface area contributed by atoms with Crippen LogP contribution < -0.4 is 16.2 Å². The number of rotatable bonds is 6. The fourth-order valence-corrected chi connectivity index (χ4v) is 4.80. The summed E-state index contributed by atoms with van der Waals surface area (Å²) in [5.74, 6) is -0.286. The lowest BCUT2D eigenvalue weighted by Crippen LogP contribution is -2.23. The molecule has 1 aromatic carbocycles. The normalized spacial score (nSPS) is 16.3. The van der Waals surface area contributed by atoms with E-state index in [1.54, 1.807) is 6.07 Å². The van der Waals surface area contributed by atoms with Gasteiger partial charge in [-0.05, 0) is 68.1 Å². The molecule has 4 aromatic rings. The van der Waals surface area contributed by atoms with Gasteiger partial charge in [-0.1, -0.05) is 6.07 Å². The number of benzene rings is 1. The third-order valence-corrected chi connectivity index (χ3v) is 7.05. The topological polar surface area (TPSA) is 110 Å². The Morgan fingerprint density at radius 1 is 1.20 bits per heavy atom. The summed E-state index contributed by atoms with van der Waals surface area (Å²) in [4.78, 5) is 26.6. The molecular formula is C25H26FN7O2. The van der Waals surface area contributed by atoms with Crippen LogP contribution in [0, 0.1) is 5.82 Å². The fourth-order valence-electron chi connectivity index (χ4n) is 4.80. The van der Waals surface area contributed by atoms with Crippen LogP contribution in [0.2, 0.25) is 0 Å². The summed E-state index contributed by atoms with van der Waals surface area (Å²) in [5.41, 5.74) is 3.50. The van der Waals surface area contributed by atoms with Gasteiger partial charge in [-0.2, -0.15) is 4.98 Å². The molecule has 1 fully saturated rings. The van der Waals surface area contributed by atoms with Gasteiger partial charge in [0.05, 0.1) is 12.3 Å². The SMILES string of the molecule is CCn1c(=O)c2cnc(Nc3ccc4c(c3)CNCC4)nc2n1-c1nc(C2(CO)CC2)ccc1F. The number of hydrogen-bond acceptors (Lipinski definition) is 7. The molecule has 0 radical (unpaired) electrons. The van der Waals surface area contributed by atoms with Crippen LogP contribution in [-0.4, -0.2) is 42.6 Å². The average Bonchev–Trinajstić information content (AvgIpc) is 3.63. The number of nitrogens with one attached hydrogen (secondary N) is 2. The zero-order valence-corrected chi connectivity index (χ0v) is 19.4. The van der Waals surface area contributed by atoms with Crippen molar-refractivity contribution >= 4 is 22.7 Å². The molecule has 1 aliphatic heterocycles. The van der Waals surface area contributed by atoms with E-state index in [-0.39, 0.29) is 29.0 Å². The van der Waals surface area contributed by atoms with Crippen LogP contribution in [-0.2, 0) is 24.9 Å². The van der Waals surface area contributed by atoms with Gasteiger partial charge in [0, 0.05) is 30.4 Å².